The Bertz CT molecular complexity index is 1190. The third-order valence-corrected chi connectivity index (χ3v) is 4.80. The smallest absolute Gasteiger partial charge is 0.324 e. The van der Waals surface area contributed by atoms with E-state index in [-0.39, 0.29) is 17.7 Å². The summed E-state index contributed by atoms with van der Waals surface area (Å²) in [5, 5.41) is 2.54. The van der Waals surface area contributed by atoms with Crippen molar-refractivity contribution in [1.29, 1.82) is 0 Å². The number of nitrogens with one attached hydrogen (secondary N) is 1. The number of rotatable bonds is 2. The molecular formula is C22H17F3N4O. The van der Waals surface area contributed by atoms with Crippen molar-refractivity contribution in [3.05, 3.63) is 71.2 Å². The largest absolute Gasteiger partial charge is 0.416 e. The first-order valence-electron chi connectivity index (χ1n) is 9.19. The van der Waals surface area contributed by atoms with Crippen LogP contribution in [0.15, 0.2) is 53.8 Å². The molecule has 0 bridgehead atoms. The summed E-state index contributed by atoms with van der Waals surface area (Å²) in [6, 6.07) is 11.5. The van der Waals surface area contributed by atoms with Crippen LogP contribution in [0.5, 0.6) is 0 Å². The summed E-state index contributed by atoms with van der Waals surface area (Å²) in [6.07, 6.45) is -3.08. The third kappa shape index (κ3) is 3.94. The number of alkyl halides is 3. The van der Waals surface area contributed by atoms with Gasteiger partial charge in [0, 0.05) is 11.3 Å². The number of aliphatic imine (C=N–C) groups is 1. The van der Waals surface area contributed by atoms with Gasteiger partial charge in [-0.3, -0.25) is 9.79 Å². The minimum Gasteiger partial charge on any atom is -0.324 e. The maximum absolute atomic E-state index is 13.2. The van der Waals surface area contributed by atoms with Crippen molar-refractivity contribution in [3.8, 4) is 11.3 Å². The molecule has 0 spiro atoms. The minimum atomic E-state index is -4.51. The van der Waals surface area contributed by atoms with Crippen molar-refractivity contribution in [1.82, 2.24) is 9.97 Å². The van der Waals surface area contributed by atoms with Crippen LogP contribution in [0.1, 0.15) is 28.8 Å². The van der Waals surface area contributed by atoms with Gasteiger partial charge in [-0.1, -0.05) is 18.2 Å². The summed E-state index contributed by atoms with van der Waals surface area (Å²) in [7, 11) is 0. The Morgan fingerprint density at radius 1 is 1.00 bits per heavy atom. The standard InChI is InChI=1S/C22H17F3N4O/c1-12-6-19-20(9-16(12)22(23,24)25)29-21(30)10-18(28-19)15-5-3-4-14(8-15)17-7-13(2)26-11-27-17/h3-9,11H,10H2,1-2H3,(H,29,30). The lowest BCUT2D eigenvalue weighted by Gasteiger charge is -2.13. The van der Waals surface area contributed by atoms with Crippen LogP contribution in [0.2, 0.25) is 0 Å². The molecule has 0 atom stereocenters. The molecule has 1 aromatic heterocycles. The SMILES string of the molecule is Cc1cc(-c2cccc(C3=Nc4cc(C)c(C(F)(F)F)cc4NC(=O)C3)c2)ncn1. The van der Waals surface area contributed by atoms with Crippen molar-refractivity contribution in [3.63, 3.8) is 0 Å². The first-order valence-corrected chi connectivity index (χ1v) is 9.19. The molecular weight excluding hydrogens is 393 g/mol. The third-order valence-electron chi connectivity index (χ3n) is 4.80. The van der Waals surface area contributed by atoms with Crippen molar-refractivity contribution >= 4 is 23.0 Å². The number of carbonyl (C=O) groups excluding carboxylic acids is 1. The molecule has 3 aromatic rings. The second kappa shape index (κ2) is 7.37. The van der Waals surface area contributed by atoms with Crippen molar-refractivity contribution < 1.29 is 18.0 Å². The molecule has 5 nitrogen and oxygen atoms in total. The van der Waals surface area contributed by atoms with Gasteiger partial charge in [0.15, 0.2) is 0 Å². The summed E-state index contributed by atoms with van der Waals surface area (Å²) < 4.78 is 39.7. The van der Waals surface area contributed by atoms with Crippen LogP contribution in [0.3, 0.4) is 0 Å². The Labute approximate surface area is 170 Å². The highest BCUT2D eigenvalue weighted by Crippen LogP contribution is 2.39. The number of halogens is 3. The maximum atomic E-state index is 13.2. The normalized spacial score (nSPS) is 13.9. The molecule has 30 heavy (non-hydrogen) atoms. The Kier molecular flexibility index (Phi) is 4.85. The zero-order valence-corrected chi connectivity index (χ0v) is 16.2. The monoisotopic (exact) mass is 410 g/mol. The van der Waals surface area contributed by atoms with Crippen LogP contribution in [0.25, 0.3) is 11.3 Å². The number of fused-ring (bicyclic) bond motifs is 1. The highest BCUT2D eigenvalue weighted by molar-refractivity contribution is 6.17. The van der Waals surface area contributed by atoms with E-state index in [2.05, 4.69) is 20.3 Å². The fourth-order valence-corrected chi connectivity index (χ4v) is 3.36. The van der Waals surface area contributed by atoms with Crippen molar-refractivity contribution in [2.45, 2.75) is 26.4 Å². The summed E-state index contributed by atoms with van der Waals surface area (Å²) >= 11 is 0. The number of aryl methyl sites for hydroxylation is 2. The van der Waals surface area contributed by atoms with Gasteiger partial charge in [-0.25, -0.2) is 9.97 Å². The molecule has 2 aromatic carbocycles. The highest BCUT2D eigenvalue weighted by Gasteiger charge is 2.34. The number of aromatic nitrogens is 2. The number of nitrogens with zero attached hydrogens (tertiary/aromatic N) is 3. The Morgan fingerprint density at radius 3 is 2.50 bits per heavy atom. The van der Waals surface area contributed by atoms with Gasteiger partial charge in [-0.15, -0.1) is 0 Å². The van der Waals surface area contributed by atoms with E-state index in [1.54, 1.807) is 0 Å². The van der Waals surface area contributed by atoms with Gasteiger partial charge in [0.25, 0.3) is 0 Å². The topological polar surface area (TPSA) is 67.2 Å². The fourth-order valence-electron chi connectivity index (χ4n) is 3.36. The predicted molar refractivity (Wildman–Crippen MR) is 108 cm³/mol. The van der Waals surface area contributed by atoms with E-state index in [0.29, 0.717) is 17.0 Å². The van der Waals surface area contributed by atoms with E-state index in [4.69, 9.17) is 0 Å². The number of anilines is 1. The molecule has 8 heteroatoms. The maximum Gasteiger partial charge on any atom is 0.416 e. The van der Waals surface area contributed by atoms with Gasteiger partial charge in [-0.05, 0) is 49.2 Å². The van der Waals surface area contributed by atoms with E-state index >= 15 is 0 Å². The van der Waals surface area contributed by atoms with Gasteiger partial charge in [0.1, 0.15) is 6.33 Å². The van der Waals surface area contributed by atoms with Crippen LogP contribution in [-0.2, 0) is 11.0 Å². The lowest BCUT2D eigenvalue weighted by atomic mass is 10.0. The molecule has 2 heterocycles. The number of carbonyl (C=O) groups is 1. The van der Waals surface area contributed by atoms with E-state index in [1.807, 2.05) is 37.3 Å². The fraction of sp³-hybridized carbons (Fsp3) is 0.182. The second-order valence-electron chi connectivity index (χ2n) is 7.09. The number of hydrogen-bond donors (Lipinski definition) is 1. The number of benzene rings is 2. The summed E-state index contributed by atoms with van der Waals surface area (Å²) in [5.41, 5.74) is 3.15. The summed E-state index contributed by atoms with van der Waals surface area (Å²) in [4.78, 5) is 25.3. The quantitative estimate of drug-likeness (QED) is 0.628. The van der Waals surface area contributed by atoms with Crippen LogP contribution in [0, 0.1) is 13.8 Å². The Hall–Kier alpha value is -3.55. The predicted octanol–water partition coefficient (Wildman–Crippen LogP) is 5.24. The van der Waals surface area contributed by atoms with Crippen LogP contribution in [0.4, 0.5) is 24.5 Å². The molecule has 0 fully saturated rings. The van der Waals surface area contributed by atoms with Crippen LogP contribution < -0.4 is 5.32 Å². The Balaban J connectivity index is 1.80. The molecule has 1 aliphatic rings. The van der Waals surface area contributed by atoms with E-state index in [0.717, 1.165) is 23.0 Å². The number of hydrogen-bond acceptors (Lipinski definition) is 4. The summed E-state index contributed by atoms with van der Waals surface area (Å²) in [6.45, 7) is 3.24. The molecule has 1 amide bonds. The highest BCUT2D eigenvalue weighted by atomic mass is 19.4. The summed E-state index contributed by atoms with van der Waals surface area (Å²) in [5.74, 6) is -0.423. The molecule has 0 radical (unpaired) electrons. The molecule has 1 aliphatic heterocycles. The van der Waals surface area contributed by atoms with E-state index in [9.17, 15) is 18.0 Å². The molecule has 4 rings (SSSR count). The zero-order valence-electron chi connectivity index (χ0n) is 16.2. The van der Waals surface area contributed by atoms with E-state index < -0.39 is 17.6 Å². The van der Waals surface area contributed by atoms with Crippen molar-refractivity contribution in [2.75, 3.05) is 5.32 Å². The van der Waals surface area contributed by atoms with Gasteiger partial charge < -0.3 is 5.32 Å². The van der Waals surface area contributed by atoms with Gasteiger partial charge in [0.05, 0.1) is 34.8 Å². The lowest BCUT2D eigenvalue weighted by Crippen LogP contribution is -2.15. The van der Waals surface area contributed by atoms with Crippen molar-refractivity contribution in [2.24, 2.45) is 4.99 Å². The first kappa shape index (κ1) is 19.8. The lowest BCUT2D eigenvalue weighted by molar-refractivity contribution is -0.138. The zero-order chi connectivity index (χ0) is 21.5. The second-order valence-corrected chi connectivity index (χ2v) is 7.09. The molecule has 0 aliphatic carbocycles. The average molecular weight is 410 g/mol. The van der Waals surface area contributed by atoms with Crippen LogP contribution >= 0.6 is 0 Å². The molecule has 1 N–H and O–H groups in total. The number of amides is 1. The van der Waals surface area contributed by atoms with Gasteiger partial charge in [-0.2, -0.15) is 13.2 Å². The molecule has 152 valence electrons. The molecule has 0 saturated heterocycles. The minimum absolute atomic E-state index is 0.0470. The van der Waals surface area contributed by atoms with Gasteiger partial charge >= 0.3 is 6.18 Å². The molecule has 0 unspecified atom stereocenters. The van der Waals surface area contributed by atoms with Gasteiger partial charge in [0.2, 0.25) is 5.91 Å². The average Bonchev–Trinajstić information content (AvgIpc) is 2.84. The first-order chi connectivity index (χ1) is 14.2. The Morgan fingerprint density at radius 2 is 1.77 bits per heavy atom. The van der Waals surface area contributed by atoms with Crippen LogP contribution in [-0.4, -0.2) is 21.6 Å². The van der Waals surface area contributed by atoms with E-state index in [1.165, 1.54) is 19.3 Å². The molecule has 0 saturated carbocycles.